The standard InChI is InChI=1S/C11H18O2/c1-2-3-4-5-10-6-11(7-10,8-10)9(12)13/h2-8H2,1H3,(H,12,13). The van der Waals surface area contributed by atoms with Crippen LogP contribution in [0.25, 0.3) is 0 Å². The molecule has 0 aliphatic heterocycles. The van der Waals surface area contributed by atoms with Crippen LogP contribution in [0.1, 0.15) is 51.9 Å². The third kappa shape index (κ3) is 1.18. The molecule has 0 heterocycles. The van der Waals surface area contributed by atoms with Crippen LogP contribution in [0, 0.1) is 10.8 Å². The van der Waals surface area contributed by atoms with Crippen LogP contribution in [0.2, 0.25) is 0 Å². The van der Waals surface area contributed by atoms with E-state index in [2.05, 4.69) is 6.92 Å². The first kappa shape index (κ1) is 9.04. The zero-order chi connectivity index (χ0) is 9.53. The molecule has 0 spiro atoms. The lowest BCUT2D eigenvalue weighted by atomic mass is 9.34. The predicted octanol–water partition coefficient (Wildman–Crippen LogP) is 2.82. The largest absolute Gasteiger partial charge is 0.481 e. The Kier molecular flexibility index (Phi) is 1.90. The lowest BCUT2D eigenvalue weighted by Gasteiger charge is -2.68. The van der Waals surface area contributed by atoms with E-state index in [1.165, 1.54) is 25.7 Å². The zero-order valence-corrected chi connectivity index (χ0v) is 8.31. The Morgan fingerprint density at radius 1 is 1.31 bits per heavy atom. The van der Waals surface area contributed by atoms with Crippen molar-refractivity contribution >= 4 is 5.97 Å². The molecule has 1 N–H and O–H groups in total. The molecule has 3 aliphatic rings. The summed E-state index contributed by atoms with van der Waals surface area (Å²) in [4.78, 5) is 10.8. The van der Waals surface area contributed by atoms with E-state index in [1.54, 1.807) is 0 Å². The first-order chi connectivity index (χ1) is 6.13. The molecular weight excluding hydrogens is 164 g/mol. The molecule has 2 nitrogen and oxygen atoms in total. The van der Waals surface area contributed by atoms with E-state index in [0.717, 1.165) is 19.3 Å². The molecule has 74 valence electrons. The van der Waals surface area contributed by atoms with Crippen molar-refractivity contribution in [2.24, 2.45) is 10.8 Å². The number of aliphatic carboxylic acids is 1. The molecule has 0 amide bonds. The lowest BCUT2D eigenvalue weighted by molar-refractivity contribution is -0.225. The second kappa shape index (κ2) is 2.73. The maximum absolute atomic E-state index is 10.8. The molecule has 0 aromatic heterocycles. The minimum atomic E-state index is -0.551. The number of carboxylic acids is 1. The fraction of sp³-hybridized carbons (Fsp3) is 0.909. The maximum Gasteiger partial charge on any atom is 0.309 e. The first-order valence-corrected chi connectivity index (χ1v) is 5.36. The highest BCUT2D eigenvalue weighted by molar-refractivity contribution is 5.79. The van der Waals surface area contributed by atoms with E-state index >= 15 is 0 Å². The summed E-state index contributed by atoms with van der Waals surface area (Å²) >= 11 is 0. The van der Waals surface area contributed by atoms with Gasteiger partial charge in [0, 0.05) is 0 Å². The summed E-state index contributed by atoms with van der Waals surface area (Å²) in [5.74, 6) is -0.551. The number of unbranched alkanes of at least 4 members (excludes halogenated alkanes) is 2. The third-order valence-corrected chi connectivity index (χ3v) is 3.90. The minimum absolute atomic E-state index is 0.258. The number of rotatable bonds is 5. The summed E-state index contributed by atoms with van der Waals surface area (Å²) < 4.78 is 0. The number of hydrogen-bond donors (Lipinski definition) is 1. The Morgan fingerprint density at radius 2 is 1.92 bits per heavy atom. The van der Waals surface area contributed by atoms with Gasteiger partial charge in [-0.15, -0.1) is 0 Å². The van der Waals surface area contributed by atoms with Crippen molar-refractivity contribution in [2.45, 2.75) is 51.9 Å². The van der Waals surface area contributed by atoms with Crippen LogP contribution in [0.5, 0.6) is 0 Å². The molecule has 0 radical (unpaired) electrons. The quantitative estimate of drug-likeness (QED) is 0.664. The topological polar surface area (TPSA) is 37.3 Å². The van der Waals surface area contributed by atoms with Gasteiger partial charge in [-0.1, -0.05) is 26.2 Å². The predicted molar refractivity (Wildman–Crippen MR) is 50.5 cm³/mol. The van der Waals surface area contributed by atoms with E-state index in [-0.39, 0.29) is 5.41 Å². The highest BCUT2D eigenvalue weighted by Gasteiger charge is 2.70. The molecule has 0 aromatic carbocycles. The summed E-state index contributed by atoms with van der Waals surface area (Å²) in [7, 11) is 0. The molecule has 13 heavy (non-hydrogen) atoms. The van der Waals surface area contributed by atoms with Crippen molar-refractivity contribution in [3.63, 3.8) is 0 Å². The summed E-state index contributed by atoms with van der Waals surface area (Å²) in [6.07, 6.45) is 8.06. The zero-order valence-electron chi connectivity index (χ0n) is 8.31. The van der Waals surface area contributed by atoms with Gasteiger partial charge in [0.1, 0.15) is 0 Å². The molecule has 3 fully saturated rings. The van der Waals surface area contributed by atoms with Gasteiger partial charge in [0.05, 0.1) is 5.41 Å². The summed E-state index contributed by atoms with van der Waals surface area (Å²) in [5.41, 5.74) is 0.222. The second-order valence-electron chi connectivity index (χ2n) is 5.07. The van der Waals surface area contributed by atoms with Crippen LogP contribution in [-0.2, 0) is 4.79 Å². The minimum Gasteiger partial charge on any atom is -0.481 e. The van der Waals surface area contributed by atoms with E-state index in [9.17, 15) is 4.79 Å². The highest BCUT2D eigenvalue weighted by atomic mass is 16.4. The summed E-state index contributed by atoms with van der Waals surface area (Å²) in [6.45, 7) is 2.21. The molecular formula is C11H18O2. The monoisotopic (exact) mass is 182 g/mol. The third-order valence-electron chi connectivity index (χ3n) is 3.90. The number of carboxylic acid groups (broad SMARTS) is 1. The first-order valence-electron chi connectivity index (χ1n) is 5.36. The average molecular weight is 182 g/mol. The Hall–Kier alpha value is -0.530. The Labute approximate surface area is 79.3 Å². The normalized spacial score (nSPS) is 40.7. The van der Waals surface area contributed by atoms with Gasteiger partial charge in [-0.25, -0.2) is 0 Å². The van der Waals surface area contributed by atoms with Crippen molar-refractivity contribution in [3.05, 3.63) is 0 Å². The number of hydrogen-bond acceptors (Lipinski definition) is 1. The average Bonchev–Trinajstić information content (AvgIpc) is 1.90. The van der Waals surface area contributed by atoms with Gasteiger partial charge in [0.25, 0.3) is 0 Å². The van der Waals surface area contributed by atoms with Crippen LogP contribution in [0.4, 0.5) is 0 Å². The number of carbonyl (C=O) groups is 1. The van der Waals surface area contributed by atoms with Gasteiger partial charge in [0.2, 0.25) is 0 Å². The van der Waals surface area contributed by atoms with Crippen LogP contribution >= 0.6 is 0 Å². The molecule has 3 rings (SSSR count). The van der Waals surface area contributed by atoms with Crippen molar-refractivity contribution < 1.29 is 9.90 Å². The lowest BCUT2D eigenvalue weighted by Crippen LogP contribution is -2.65. The van der Waals surface area contributed by atoms with Crippen LogP contribution in [0.15, 0.2) is 0 Å². The van der Waals surface area contributed by atoms with Crippen LogP contribution < -0.4 is 0 Å². The van der Waals surface area contributed by atoms with Gasteiger partial charge >= 0.3 is 5.97 Å². The van der Waals surface area contributed by atoms with Gasteiger partial charge in [-0.3, -0.25) is 4.79 Å². The van der Waals surface area contributed by atoms with Crippen molar-refractivity contribution in [3.8, 4) is 0 Å². The van der Waals surface area contributed by atoms with Gasteiger partial charge in [-0.05, 0) is 31.1 Å². The van der Waals surface area contributed by atoms with E-state index in [0.29, 0.717) is 5.41 Å². The van der Waals surface area contributed by atoms with Crippen molar-refractivity contribution in [1.29, 1.82) is 0 Å². The van der Waals surface area contributed by atoms with Crippen LogP contribution in [0.3, 0.4) is 0 Å². The Bertz CT molecular complexity index is 212. The van der Waals surface area contributed by atoms with Gasteiger partial charge in [-0.2, -0.15) is 0 Å². The SMILES string of the molecule is CCCCCC12CC(C(=O)O)(C1)C2. The Morgan fingerprint density at radius 3 is 2.38 bits per heavy atom. The van der Waals surface area contributed by atoms with Crippen LogP contribution in [-0.4, -0.2) is 11.1 Å². The smallest absolute Gasteiger partial charge is 0.309 e. The molecule has 2 heteroatoms. The Balaban J connectivity index is 1.74. The highest BCUT2D eigenvalue weighted by Crippen LogP contribution is 2.75. The molecule has 3 saturated carbocycles. The van der Waals surface area contributed by atoms with E-state index in [4.69, 9.17) is 5.11 Å². The van der Waals surface area contributed by atoms with Gasteiger partial charge < -0.3 is 5.11 Å². The fourth-order valence-corrected chi connectivity index (χ4v) is 3.24. The molecule has 0 saturated heterocycles. The van der Waals surface area contributed by atoms with Crippen molar-refractivity contribution in [1.82, 2.24) is 0 Å². The second-order valence-corrected chi connectivity index (χ2v) is 5.07. The molecule has 2 bridgehead atoms. The summed E-state index contributed by atoms with van der Waals surface area (Å²) in [6, 6.07) is 0. The van der Waals surface area contributed by atoms with E-state index < -0.39 is 5.97 Å². The van der Waals surface area contributed by atoms with Gasteiger partial charge in [0.15, 0.2) is 0 Å². The molecule has 0 unspecified atom stereocenters. The van der Waals surface area contributed by atoms with Crippen molar-refractivity contribution in [2.75, 3.05) is 0 Å². The maximum atomic E-state index is 10.8. The fourth-order valence-electron chi connectivity index (χ4n) is 3.24. The molecule has 0 atom stereocenters. The molecule has 3 aliphatic carbocycles. The summed E-state index contributed by atoms with van der Waals surface area (Å²) in [5, 5.41) is 8.92. The van der Waals surface area contributed by atoms with E-state index in [1.807, 2.05) is 0 Å². The molecule has 0 aromatic rings.